The van der Waals surface area contributed by atoms with Crippen LogP contribution >= 0.6 is 0 Å². The van der Waals surface area contributed by atoms with Gasteiger partial charge in [0.05, 0.1) is 12.0 Å². The van der Waals surface area contributed by atoms with Gasteiger partial charge in [0.1, 0.15) is 5.78 Å². The molecular weight excluding hydrogens is 236 g/mol. The van der Waals surface area contributed by atoms with Gasteiger partial charge in [0.25, 0.3) is 0 Å². The van der Waals surface area contributed by atoms with Crippen molar-refractivity contribution < 1.29 is 9.53 Å². The molecule has 0 aromatic rings. The van der Waals surface area contributed by atoms with Gasteiger partial charge in [0.2, 0.25) is 0 Å². The summed E-state index contributed by atoms with van der Waals surface area (Å²) in [6.07, 6.45) is 8.96. The Kier molecular flexibility index (Phi) is 7.06. The Morgan fingerprint density at radius 2 is 2.05 bits per heavy atom. The van der Waals surface area contributed by atoms with Crippen molar-refractivity contribution in [3.63, 3.8) is 0 Å². The normalized spacial score (nSPS) is 27.1. The number of Topliss-reactive ketones (excluding diaryl/α,β-unsaturated/α-hetero) is 1. The maximum Gasteiger partial charge on any atom is 0.141 e. The maximum atomic E-state index is 12.6. The Balaban J connectivity index is 2.37. The highest BCUT2D eigenvalue weighted by molar-refractivity contribution is 5.85. The third-order valence-corrected chi connectivity index (χ3v) is 4.85. The first-order valence-corrected chi connectivity index (χ1v) is 8.05. The fourth-order valence-electron chi connectivity index (χ4n) is 3.48. The molecule has 1 rings (SSSR count). The fourth-order valence-corrected chi connectivity index (χ4v) is 3.48. The monoisotopic (exact) mass is 268 g/mol. The van der Waals surface area contributed by atoms with E-state index in [9.17, 15) is 4.79 Å². The van der Waals surface area contributed by atoms with Crippen LogP contribution in [-0.4, -0.2) is 19.5 Å². The molecule has 19 heavy (non-hydrogen) atoms. The Morgan fingerprint density at radius 3 is 2.58 bits per heavy atom. The second-order valence-electron chi connectivity index (χ2n) is 6.80. The van der Waals surface area contributed by atoms with Crippen LogP contribution in [0.2, 0.25) is 0 Å². The summed E-state index contributed by atoms with van der Waals surface area (Å²) in [5.41, 5.74) is -0.160. The number of hydrogen-bond donors (Lipinski definition) is 0. The van der Waals surface area contributed by atoms with E-state index in [4.69, 9.17) is 4.74 Å². The highest BCUT2D eigenvalue weighted by Crippen LogP contribution is 2.45. The molecule has 0 radical (unpaired) electrons. The van der Waals surface area contributed by atoms with E-state index in [2.05, 4.69) is 20.8 Å². The highest BCUT2D eigenvalue weighted by atomic mass is 16.5. The van der Waals surface area contributed by atoms with Crippen molar-refractivity contribution in [2.24, 2.45) is 17.3 Å². The Bertz CT molecular complexity index is 272. The van der Waals surface area contributed by atoms with Crippen LogP contribution in [0.1, 0.15) is 72.1 Å². The predicted octanol–water partition coefficient (Wildman–Crippen LogP) is 4.61. The largest absolute Gasteiger partial charge is 0.384 e. The molecule has 0 aromatic heterocycles. The Labute approximate surface area is 119 Å². The van der Waals surface area contributed by atoms with Crippen molar-refractivity contribution in [1.29, 1.82) is 0 Å². The lowest BCUT2D eigenvalue weighted by atomic mass is 9.74. The topological polar surface area (TPSA) is 26.3 Å². The van der Waals surface area contributed by atoms with Gasteiger partial charge in [-0.3, -0.25) is 4.79 Å². The van der Waals surface area contributed by atoms with Gasteiger partial charge in [-0.25, -0.2) is 0 Å². The van der Waals surface area contributed by atoms with Gasteiger partial charge in [-0.2, -0.15) is 0 Å². The van der Waals surface area contributed by atoms with Crippen LogP contribution in [-0.2, 0) is 9.53 Å². The van der Waals surface area contributed by atoms with E-state index in [-0.39, 0.29) is 5.41 Å². The SMILES string of the molecule is COCC1(C(=O)CCCCCC(C)C)CCCC1C. The summed E-state index contributed by atoms with van der Waals surface area (Å²) >= 11 is 0. The lowest BCUT2D eigenvalue weighted by Gasteiger charge is -2.31. The molecule has 1 aliphatic rings. The number of carbonyl (C=O) groups is 1. The molecule has 0 aromatic carbocycles. The molecule has 0 aliphatic heterocycles. The van der Waals surface area contributed by atoms with Gasteiger partial charge in [0.15, 0.2) is 0 Å². The molecule has 1 aliphatic carbocycles. The molecule has 1 saturated carbocycles. The summed E-state index contributed by atoms with van der Waals surface area (Å²) in [5, 5.41) is 0. The van der Waals surface area contributed by atoms with Crippen LogP contribution in [0.5, 0.6) is 0 Å². The first-order chi connectivity index (χ1) is 9.03. The minimum absolute atomic E-state index is 0.160. The zero-order valence-corrected chi connectivity index (χ0v) is 13.3. The first kappa shape index (κ1) is 16.7. The second kappa shape index (κ2) is 8.04. The number of ether oxygens (including phenoxy) is 1. The van der Waals surface area contributed by atoms with Gasteiger partial charge in [0, 0.05) is 13.5 Å². The van der Waals surface area contributed by atoms with Crippen molar-refractivity contribution in [2.45, 2.75) is 72.1 Å². The lowest BCUT2D eigenvalue weighted by Crippen LogP contribution is -2.38. The van der Waals surface area contributed by atoms with Crippen molar-refractivity contribution in [3.8, 4) is 0 Å². The van der Waals surface area contributed by atoms with Crippen LogP contribution in [0.25, 0.3) is 0 Å². The zero-order valence-electron chi connectivity index (χ0n) is 13.3. The van der Waals surface area contributed by atoms with Gasteiger partial charge >= 0.3 is 0 Å². The number of hydrogen-bond acceptors (Lipinski definition) is 2. The molecule has 0 heterocycles. The van der Waals surface area contributed by atoms with Crippen molar-refractivity contribution in [3.05, 3.63) is 0 Å². The van der Waals surface area contributed by atoms with Crippen molar-refractivity contribution in [1.82, 2.24) is 0 Å². The first-order valence-electron chi connectivity index (χ1n) is 8.05. The summed E-state index contributed by atoms with van der Waals surface area (Å²) in [6.45, 7) is 7.37. The number of rotatable bonds is 9. The fraction of sp³-hybridized carbons (Fsp3) is 0.941. The zero-order chi connectivity index (χ0) is 14.3. The standard InChI is InChI=1S/C17H32O2/c1-14(2)9-6-5-7-11-16(18)17(13-19-4)12-8-10-15(17)3/h14-15H,5-13H2,1-4H3. The molecule has 112 valence electrons. The van der Waals surface area contributed by atoms with E-state index < -0.39 is 0 Å². The number of methoxy groups -OCH3 is 1. The average molecular weight is 268 g/mol. The summed E-state index contributed by atoms with van der Waals surface area (Å²) in [7, 11) is 1.72. The molecule has 2 atom stereocenters. The molecule has 2 unspecified atom stereocenters. The summed E-state index contributed by atoms with van der Waals surface area (Å²) in [4.78, 5) is 12.6. The van der Waals surface area contributed by atoms with Crippen molar-refractivity contribution >= 4 is 5.78 Å². The summed E-state index contributed by atoms with van der Waals surface area (Å²) < 4.78 is 5.36. The average Bonchev–Trinajstić information content (AvgIpc) is 2.71. The maximum absolute atomic E-state index is 12.6. The molecule has 0 saturated heterocycles. The van der Waals surface area contributed by atoms with E-state index in [1.54, 1.807) is 7.11 Å². The third kappa shape index (κ3) is 4.59. The van der Waals surface area contributed by atoms with E-state index in [0.29, 0.717) is 18.3 Å². The van der Waals surface area contributed by atoms with Crippen LogP contribution in [0.3, 0.4) is 0 Å². The van der Waals surface area contributed by atoms with Gasteiger partial charge in [-0.1, -0.05) is 46.5 Å². The Morgan fingerprint density at radius 1 is 1.32 bits per heavy atom. The number of ketones is 1. The van der Waals surface area contributed by atoms with Crippen LogP contribution in [0, 0.1) is 17.3 Å². The van der Waals surface area contributed by atoms with Gasteiger partial charge in [-0.05, 0) is 31.1 Å². The van der Waals surface area contributed by atoms with Gasteiger partial charge in [-0.15, -0.1) is 0 Å². The molecule has 2 heteroatoms. The molecule has 1 fully saturated rings. The Hall–Kier alpha value is -0.370. The molecule has 0 amide bonds. The van der Waals surface area contributed by atoms with E-state index in [1.807, 2.05) is 0 Å². The van der Waals surface area contributed by atoms with E-state index >= 15 is 0 Å². The number of unbranched alkanes of at least 4 members (excludes halogenated alkanes) is 2. The van der Waals surface area contributed by atoms with Crippen LogP contribution in [0.4, 0.5) is 0 Å². The smallest absolute Gasteiger partial charge is 0.141 e. The van der Waals surface area contributed by atoms with Gasteiger partial charge < -0.3 is 4.74 Å². The van der Waals surface area contributed by atoms with E-state index in [1.165, 1.54) is 32.1 Å². The second-order valence-corrected chi connectivity index (χ2v) is 6.80. The molecule has 0 spiro atoms. The van der Waals surface area contributed by atoms with E-state index in [0.717, 1.165) is 25.2 Å². The van der Waals surface area contributed by atoms with Crippen molar-refractivity contribution in [2.75, 3.05) is 13.7 Å². The molecule has 0 bridgehead atoms. The quantitative estimate of drug-likeness (QED) is 0.571. The highest BCUT2D eigenvalue weighted by Gasteiger charge is 2.45. The molecular formula is C17H32O2. The van der Waals surface area contributed by atoms with Crippen LogP contribution in [0.15, 0.2) is 0 Å². The summed E-state index contributed by atoms with van der Waals surface area (Å²) in [6, 6.07) is 0. The molecule has 0 N–H and O–H groups in total. The minimum Gasteiger partial charge on any atom is -0.384 e. The van der Waals surface area contributed by atoms with Crippen LogP contribution < -0.4 is 0 Å². The molecule has 2 nitrogen and oxygen atoms in total. The third-order valence-electron chi connectivity index (χ3n) is 4.85. The lowest BCUT2D eigenvalue weighted by molar-refractivity contribution is -0.134. The predicted molar refractivity (Wildman–Crippen MR) is 80.3 cm³/mol. The minimum atomic E-state index is -0.160. The summed E-state index contributed by atoms with van der Waals surface area (Å²) in [5.74, 6) is 1.74. The number of carbonyl (C=O) groups excluding carboxylic acids is 1.